The number of fused-ring (bicyclic) bond motifs is 3. The molecule has 0 unspecified atom stereocenters. The van der Waals surface area contributed by atoms with Crippen LogP contribution in [-0.4, -0.2) is 139 Å². The third kappa shape index (κ3) is 18.9. The number of amides is 4. The van der Waals surface area contributed by atoms with E-state index < -0.39 is 47.8 Å². The van der Waals surface area contributed by atoms with Crippen LogP contribution in [0, 0.1) is 5.92 Å². The number of aliphatic hydroxyl groups is 1. The summed E-state index contributed by atoms with van der Waals surface area (Å²) in [6, 6.07) is 23.6. The van der Waals surface area contributed by atoms with Crippen molar-refractivity contribution in [3.05, 3.63) is 95.6 Å². The minimum atomic E-state index is -1.66. The average molecular weight is 893 g/mol. The number of nitrogens with one attached hydrogen (secondary N) is 4. The molecule has 0 aliphatic heterocycles. The van der Waals surface area contributed by atoms with Crippen molar-refractivity contribution in [3.63, 3.8) is 0 Å². The summed E-state index contributed by atoms with van der Waals surface area (Å²) in [6.07, 6.45) is -2.41. The zero-order valence-corrected chi connectivity index (χ0v) is 37.9. The Morgan fingerprint density at radius 3 is 1.61 bits per heavy atom. The van der Waals surface area contributed by atoms with E-state index in [1.165, 1.54) is 22.3 Å². The number of carbonyl (C=O) groups is 4. The van der Waals surface area contributed by atoms with Gasteiger partial charge < -0.3 is 59.5 Å². The molecule has 1 aliphatic carbocycles. The molecule has 4 amide bonds. The van der Waals surface area contributed by atoms with Gasteiger partial charge in [0, 0.05) is 19.0 Å². The number of carbonyl (C=O) groups excluding carboxylic acids is 4. The second kappa shape index (κ2) is 27.9. The maximum Gasteiger partial charge on any atom is 0.407 e. The maximum absolute atomic E-state index is 13.3. The van der Waals surface area contributed by atoms with Crippen LogP contribution in [0.1, 0.15) is 63.6 Å². The molecule has 0 heterocycles. The largest absolute Gasteiger partial charge is 0.449 e. The van der Waals surface area contributed by atoms with Crippen LogP contribution in [0.4, 0.5) is 9.59 Å². The molecule has 5 N–H and O–H groups in total. The predicted molar refractivity (Wildman–Crippen MR) is 241 cm³/mol. The van der Waals surface area contributed by atoms with Crippen LogP contribution >= 0.6 is 0 Å². The van der Waals surface area contributed by atoms with Gasteiger partial charge in [0.1, 0.15) is 18.2 Å². The van der Waals surface area contributed by atoms with Crippen molar-refractivity contribution in [3.8, 4) is 11.1 Å². The van der Waals surface area contributed by atoms with E-state index in [1.807, 2.05) is 68.4 Å². The minimum absolute atomic E-state index is 0.0118. The van der Waals surface area contributed by atoms with Gasteiger partial charge in [-0.25, -0.2) is 9.59 Å². The Hall–Kier alpha value is -5.10. The number of aliphatic hydroxyl groups excluding tert-OH is 1. The van der Waals surface area contributed by atoms with Crippen molar-refractivity contribution in [1.82, 2.24) is 21.3 Å². The molecule has 0 saturated carbocycles. The highest BCUT2D eigenvalue weighted by atomic mass is 16.6. The summed E-state index contributed by atoms with van der Waals surface area (Å²) >= 11 is 0. The van der Waals surface area contributed by atoms with E-state index in [2.05, 4.69) is 45.5 Å². The first-order valence-corrected chi connectivity index (χ1v) is 22.1. The standard InChI is InChI=1S/C48H68N4O12/c1-34(2)31-42(51-45(55)43(53)41(32-35-13-7-6-8-14-35)52-47(57)64-48(3,4)5)44(54)49-19-21-58-23-25-60-27-29-62-30-28-61-26-24-59-22-20-50-46(56)63-33-40-38-17-11-9-15-36(38)37-16-10-12-18-39(37)40/h6-18,34,40-43,53H,19-33H2,1-5H3,(H,49,54)(H,50,56)(H,51,55)(H,52,57)/t41-,42+,43+/m1/s1. The van der Waals surface area contributed by atoms with Crippen LogP contribution < -0.4 is 21.3 Å². The fraction of sp³-hybridized carbons (Fsp3) is 0.542. The average Bonchev–Trinajstić information content (AvgIpc) is 3.58. The van der Waals surface area contributed by atoms with Crippen LogP contribution in [0.25, 0.3) is 11.1 Å². The van der Waals surface area contributed by atoms with Gasteiger partial charge >= 0.3 is 12.2 Å². The Labute approximate surface area is 377 Å². The molecule has 16 heteroatoms. The fourth-order valence-corrected chi connectivity index (χ4v) is 6.94. The van der Waals surface area contributed by atoms with Crippen LogP contribution in [0.5, 0.6) is 0 Å². The van der Waals surface area contributed by atoms with Crippen molar-refractivity contribution >= 4 is 24.0 Å². The van der Waals surface area contributed by atoms with E-state index in [0.29, 0.717) is 72.4 Å². The highest BCUT2D eigenvalue weighted by Crippen LogP contribution is 2.44. The van der Waals surface area contributed by atoms with Crippen molar-refractivity contribution in [2.75, 3.05) is 85.8 Å². The number of benzene rings is 3. The molecule has 0 aromatic heterocycles. The highest BCUT2D eigenvalue weighted by Gasteiger charge is 2.33. The zero-order chi connectivity index (χ0) is 46.2. The van der Waals surface area contributed by atoms with Crippen molar-refractivity contribution in [2.24, 2.45) is 5.92 Å². The first kappa shape index (κ1) is 51.5. The van der Waals surface area contributed by atoms with Gasteiger partial charge in [0.05, 0.1) is 72.1 Å². The molecule has 4 rings (SSSR count). The van der Waals surface area contributed by atoms with Crippen LogP contribution in [0.2, 0.25) is 0 Å². The van der Waals surface area contributed by atoms with Crippen molar-refractivity contribution in [2.45, 2.75) is 77.2 Å². The molecular weight excluding hydrogens is 825 g/mol. The third-order valence-corrected chi connectivity index (χ3v) is 9.88. The minimum Gasteiger partial charge on any atom is -0.449 e. The summed E-state index contributed by atoms with van der Waals surface area (Å²) in [7, 11) is 0. The monoisotopic (exact) mass is 892 g/mol. The molecule has 0 radical (unpaired) electrons. The van der Waals surface area contributed by atoms with Crippen LogP contribution in [0.15, 0.2) is 78.9 Å². The van der Waals surface area contributed by atoms with E-state index in [9.17, 15) is 24.3 Å². The lowest BCUT2D eigenvalue weighted by Crippen LogP contribution is -2.56. The quantitative estimate of drug-likeness (QED) is 0.0600. The Morgan fingerprint density at radius 2 is 1.09 bits per heavy atom. The molecule has 0 spiro atoms. The van der Waals surface area contributed by atoms with Gasteiger partial charge in [-0.2, -0.15) is 0 Å². The van der Waals surface area contributed by atoms with Gasteiger partial charge in [0.25, 0.3) is 5.91 Å². The van der Waals surface area contributed by atoms with Crippen LogP contribution in [-0.2, 0) is 49.2 Å². The van der Waals surface area contributed by atoms with E-state index in [1.54, 1.807) is 20.8 Å². The second-order valence-electron chi connectivity index (χ2n) is 16.7. The number of hydrogen-bond donors (Lipinski definition) is 5. The van der Waals surface area contributed by atoms with Gasteiger partial charge in [0.15, 0.2) is 6.10 Å². The molecule has 3 aromatic rings. The molecule has 16 nitrogen and oxygen atoms in total. The molecule has 3 atom stereocenters. The molecule has 0 bridgehead atoms. The van der Waals surface area contributed by atoms with Gasteiger partial charge in [-0.15, -0.1) is 0 Å². The summed E-state index contributed by atoms with van der Waals surface area (Å²) in [5, 5.41) is 21.9. The molecule has 352 valence electrons. The first-order chi connectivity index (χ1) is 30.8. The van der Waals surface area contributed by atoms with E-state index >= 15 is 0 Å². The molecule has 1 aliphatic rings. The Bertz CT molecular complexity index is 1810. The fourth-order valence-electron chi connectivity index (χ4n) is 6.94. The number of rotatable bonds is 29. The number of hydrogen-bond acceptors (Lipinski definition) is 12. The topological polar surface area (TPSA) is 201 Å². The molecular formula is C48H68N4O12. The summed E-state index contributed by atoms with van der Waals surface area (Å²) in [4.78, 5) is 51.3. The van der Waals surface area contributed by atoms with E-state index in [-0.39, 0.29) is 38.0 Å². The Morgan fingerprint density at radius 1 is 0.609 bits per heavy atom. The summed E-state index contributed by atoms with van der Waals surface area (Å²) in [6.45, 7) is 13.3. The first-order valence-electron chi connectivity index (χ1n) is 22.1. The van der Waals surface area contributed by atoms with Crippen molar-refractivity contribution < 1.29 is 57.4 Å². The third-order valence-electron chi connectivity index (χ3n) is 9.88. The summed E-state index contributed by atoms with van der Waals surface area (Å²) in [5.41, 5.74) is 4.72. The predicted octanol–water partition coefficient (Wildman–Crippen LogP) is 4.75. The Kier molecular flexibility index (Phi) is 22.5. The van der Waals surface area contributed by atoms with Gasteiger partial charge in [-0.05, 0) is 67.3 Å². The molecule has 0 saturated heterocycles. The van der Waals surface area contributed by atoms with E-state index in [0.717, 1.165) is 5.56 Å². The SMILES string of the molecule is CC(C)C[C@H](NC(=O)[C@@H](O)[C@@H](Cc1ccccc1)NC(=O)OC(C)(C)C)C(=O)NCCOCCOCCOCCOCCOCCNC(=O)OCC1c2ccccc2-c2ccccc21. The summed E-state index contributed by atoms with van der Waals surface area (Å²) in [5.74, 6) is -1.13. The van der Waals surface area contributed by atoms with Gasteiger partial charge in [-0.3, -0.25) is 9.59 Å². The smallest absolute Gasteiger partial charge is 0.407 e. The Balaban J connectivity index is 0.968. The molecule has 3 aromatic carbocycles. The molecule has 64 heavy (non-hydrogen) atoms. The highest BCUT2D eigenvalue weighted by molar-refractivity contribution is 5.90. The summed E-state index contributed by atoms with van der Waals surface area (Å²) < 4.78 is 38.6. The lowest BCUT2D eigenvalue weighted by molar-refractivity contribution is -0.135. The second-order valence-corrected chi connectivity index (χ2v) is 16.7. The number of ether oxygens (including phenoxy) is 7. The van der Waals surface area contributed by atoms with Gasteiger partial charge in [-0.1, -0.05) is 92.7 Å². The number of alkyl carbamates (subject to hydrolysis) is 2. The van der Waals surface area contributed by atoms with Crippen molar-refractivity contribution in [1.29, 1.82) is 0 Å². The van der Waals surface area contributed by atoms with E-state index in [4.69, 9.17) is 33.2 Å². The normalized spacial score (nSPS) is 13.6. The maximum atomic E-state index is 13.3. The lowest BCUT2D eigenvalue weighted by atomic mass is 9.98. The van der Waals surface area contributed by atoms with Crippen LogP contribution in [0.3, 0.4) is 0 Å². The van der Waals surface area contributed by atoms with Gasteiger partial charge in [0.2, 0.25) is 5.91 Å². The zero-order valence-electron chi connectivity index (χ0n) is 37.9. The lowest BCUT2D eigenvalue weighted by Gasteiger charge is -2.28. The molecule has 0 fully saturated rings.